The zero-order chi connectivity index (χ0) is 31.1. The number of ether oxygens (including phenoxy) is 2. The Morgan fingerprint density at radius 2 is 1.67 bits per heavy atom. The van der Waals surface area contributed by atoms with Crippen molar-refractivity contribution in [3.8, 4) is 11.5 Å². The van der Waals surface area contributed by atoms with Gasteiger partial charge in [-0.1, -0.05) is 60.7 Å². The number of methoxy groups -OCH3 is 2. The van der Waals surface area contributed by atoms with E-state index in [0.29, 0.717) is 34.6 Å². The summed E-state index contributed by atoms with van der Waals surface area (Å²) >= 11 is 0. The minimum absolute atomic E-state index is 0.134. The van der Waals surface area contributed by atoms with Crippen LogP contribution in [-0.2, 0) is 20.8 Å². The third-order valence-electron chi connectivity index (χ3n) is 7.14. The first-order chi connectivity index (χ1) is 20.6. The van der Waals surface area contributed by atoms with Gasteiger partial charge in [-0.3, -0.25) is 24.7 Å². The number of benzene rings is 3. The highest BCUT2D eigenvalue weighted by Crippen LogP contribution is 2.33. The number of urea groups is 1. The molecule has 12 nitrogen and oxygen atoms in total. The number of carbonyl (C=O) groups excluding carboxylic acids is 3. The largest absolute Gasteiger partial charge is 0.493 e. The first kappa shape index (κ1) is 30.6. The van der Waals surface area contributed by atoms with Crippen molar-refractivity contribution in [3.05, 3.63) is 95.1 Å². The molecule has 4 rings (SSSR count). The second-order valence-corrected chi connectivity index (χ2v) is 9.91. The molecule has 1 fully saturated rings. The second-order valence-electron chi connectivity index (χ2n) is 9.91. The Labute approximate surface area is 248 Å². The minimum Gasteiger partial charge on any atom is -0.493 e. The van der Waals surface area contributed by atoms with Crippen LogP contribution in [0, 0.1) is 5.41 Å². The fourth-order valence-electron chi connectivity index (χ4n) is 4.95. The lowest BCUT2D eigenvalue weighted by molar-refractivity contribution is -0.138. The van der Waals surface area contributed by atoms with Gasteiger partial charge in [-0.05, 0) is 35.2 Å². The maximum absolute atomic E-state index is 13.7. The smallest absolute Gasteiger partial charge is 0.328 e. The number of amidine groups is 1. The van der Waals surface area contributed by atoms with Crippen LogP contribution in [0.15, 0.2) is 72.8 Å². The molecule has 4 amide bonds. The van der Waals surface area contributed by atoms with Gasteiger partial charge in [0.15, 0.2) is 11.5 Å². The first-order valence-electron chi connectivity index (χ1n) is 13.5. The number of nitrogen functional groups attached to an aromatic ring is 1. The number of nitrogens with two attached hydrogens (primary N) is 1. The molecule has 1 heterocycles. The van der Waals surface area contributed by atoms with Crippen LogP contribution in [0.25, 0.3) is 0 Å². The third-order valence-corrected chi connectivity index (χ3v) is 7.14. The summed E-state index contributed by atoms with van der Waals surface area (Å²) in [5.41, 5.74) is 7.96. The number of carbonyl (C=O) groups is 4. The van der Waals surface area contributed by atoms with Gasteiger partial charge in [0.25, 0.3) is 5.91 Å². The number of amides is 4. The molecule has 0 aliphatic carbocycles. The van der Waals surface area contributed by atoms with E-state index in [-0.39, 0.29) is 12.4 Å². The van der Waals surface area contributed by atoms with Gasteiger partial charge in [0.2, 0.25) is 5.91 Å². The summed E-state index contributed by atoms with van der Waals surface area (Å²) in [6.45, 7) is -0.399. The molecule has 0 unspecified atom stereocenters. The van der Waals surface area contributed by atoms with Crippen molar-refractivity contribution in [2.45, 2.75) is 24.9 Å². The second kappa shape index (κ2) is 13.5. The number of carboxylic acid groups (broad SMARTS) is 1. The van der Waals surface area contributed by atoms with E-state index in [1.54, 1.807) is 42.5 Å². The SMILES string of the molecule is COc1ccc([C@H](CC(=O)O)NC(=O)CN2C(=O)[C@H](c3ccc(C(=N)N)cc3)N(CCc3ccccc3)C2=O)cc1OC. The molecule has 1 aliphatic heterocycles. The van der Waals surface area contributed by atoms with E-state index in [1.165, 1.54) is 19.1 Å². The maximum Gasteiger partial charge on any atom is 0.328 e. The van der Waals surface area contributed by atoms with Gasteiger partial charge in [0.1, 0.15) is 18.4 Å². The van der Waals surface area contributed by atoms with Crippen LogP contribution in [0.3, 0.4) is 0 Å². The summed E-state index contributed by atoms with van der Waals surface area (Å²) in [6.07, 6.45) is 0.0271. The average molecular weight is 588 g/mol. The predicted octanol–water partition coefficient (Wildman–Crippen LogP) is 2.87. The standard InChI is InChI=1S/C31H33N5O7/c1-42-24-13-12-22(16-25(24)43-2)23(17-27(38)39)34-26(37)18-36-30(40)28(20-8-10-21(11-9-20)29(32)33)35(31(36)41)15-14-19-6-4-3-5-7-19/h3-13,16,23,28H,14-15,17-18H2,1-2H3,(H3,32,33)(H,34,37)(H,38,39)/t23-,28-/m0/s1. The third kappa shape index (κ3) is 7.10. The van der Waals surface area contributed by atoms with Crippen LogP contribution in [0.1, 0.15) is 40.8 Å². The molecular weight excluding hydrogens is 554 g/mol. The van der Waals surface area contributed by atoms with Crippen LogP contribution in [0.2, 0.25) is 0 Å². The van der Waals surface area contributed by atoms with E-state index in [1.807, 2.05) is 30.3 Å². The lowest BCUT2D eigenvalue weighted by Gasteiger charge is -2.22. The zero-order valence-electron chi connectivity index (χ0n) is 23.8. The van der Waals surface area contributed by atoms with E-state index < -0.39 is 48.9 Å². The first-order valence-corrected chi connectivity index (χ1v) is 13.5. The van der Waals surface area contributed by atoms with Crippen molar-refractivity contribution in [1.29, 1.82) is 5.41 Å². The lowest BCUT2D eigenvalue weighted by atomic mass is 10.0. The molecule has 12 heteroatoms. The lowest BCUT2D eigenvalue weighted by Crippen LogP contribution is -2.43. The monoisotopic (exact) mass is 587 g/mol. The molecule has 0 spiro atoms. The molecule has 3 aromatic rings. The Morgan fingerprint density at radius 1 is 1.00 bits per heavy atom. The topological polar surface area (TPSA) is 175 Å². The summed E-state index contributed by atoms with van der Waals surface area (Å²) in [4.78, 5) is 54.4. The van der Waals surface area contributed by atoms with Crippen molar-refractivity contribution in [2.75, 3.05) is 27.3 Å². The van der Waals surface area contributed by atoms with E-state index in [9.17, 15) is 24.3 Å². The Kier molecular flexibility index (Phi) is 9.61. The number of nitrogens with one attached hydrogen (secondary N) is 2. The van der Waals surface area contributed by atoms with Crippen molar-refractivity contribution in [3.63, 3.8) is 0 Å². The summed E-state index contributed by atoms with van der Waals surface area (Å²) in [5.74, 6) is -1.82. The van der Waals surface area contributed by atoms with Crippen molar-refractivity contribution < 1.29 is 33.8 Å². The molecule has 0 saturated carbocycles. The number of nitrogens with zero attached hydrogens (tertiary/aromatic N) is 2. The number of carboxylic acids is 1. The van der Waals surface area contributed by atoms with Gasteiger partial charge in [-0.15, -0.1) is 0 Å². The molecule has 1 aliphatic rings. The number of rotatable bonds is 13. The average Bonchev–Trinajstić information content (AvgIpc) is 3.23. The highest BCUT2D eigenvalue weighted by Gasteiger charge is 2.46. The van der Waals surface area contributed by atoms with Gasteiger partial charge in [-0.2, -0.15) is 0 Å². The van der Waals surface area contributed by atoms with Gasteiger partial charge in [0, 0.05) is 12.1 Å². The number of hydrogen-bond donors (Lipinski definition) is 4. The summed E-state index contributed by atoms with van der Waals surface area (Å²) in [5, 5.41) is 19.8. The quantitative estimate of drug-likeness (QED) is 0.134. The molecule has 0 bridgehead atoms. The Hall–Kier alpha value is -5.39. The molecule has 2 atom stereocenters. The van der Waals surface area contributed by atoms with E-state index in [2.05, 4.69) is 5.32 Å². The van der Waals surface area contributed by atoms with Crippen LogP contribution in [0.5, 0.6) is 11.5 Å². The van der Waals surface area contributed by atoms with E-state index in [0.717, 1.165) is 10.5 Å². The highest BCUT2D eigenvalue weighted by molar-refractivity contribution is 6.07. The molecule has 0 radical (unpaired) electrons. The van der Waals surface area contributed by atoms with E-state index >= 15 is 0 Å². The molecule has 43 heavy (non-hydrogen) atoms. The van der Waals surface area contributed by atoms with E-state index in [4.69, 9.17) is 20.6 Å². The maximum atomic E-state index is 13.7. The van der Waals surface area contributed by atoms with Gasteiger partial charge >= 0.3 is 12.0 Å². The predicted molar refractivity (Wildman–Crippen MR) is 157 cm³/mol. The molecular formula is C31H33N5O7. The molecule has 224 valence electrons. The van der Waals surface area contributed by atoms with Crippen LogP contribution in [0.4, 0.5) is 4.79 Å². The Bertz CT molecular complexity index is 1510. The zero-order valence-corrected chi connectivity index (χ0v) is 23.8. The number of aliphatic carboxylic acids is 1. The Balaban J connectivity index is 1.57. The highest BCUT2D eigenvalue weighted by atomic mass is 16.5. The molecule has 5 N–H and O–H groups in total. The molecule has 1 saturated heterocycles. The summed E-state index contributed by atoms with van der Waals surface area (Å²) in [6, 6.07) is 18.1. The fourth-order valence-corrected chi connectivity index (χ4v) is 4.95. The van der Waals surface area contributed by atoms with Gasteiger partial charge in [-0.25, -0.2) is 4.79 Å². The van der Waals surface area contributed by atoms with Crippen molar-refractivity contribution in [1.82, 2.24) is 15.1 Å². The Morgan fingerprint density at radius 3 is 2.28 bits per heavy atom. The van der Waals surface area contributed by atoms with Gasteiger partial charge < -0.3 is 30.5 Å². The minimum atomic E-state index is -1.16. The summed E-state index contributed by atoms with van der Waals surface area (Å²) in [7, 11) is 2.90. The number of imide groups is 1. The normalized spacial score (nSPS) is 15.3. The fraction of sp³-hybridized carbons (Fsp3) is 0.258. The van der Waals surface area contributed by atoms with Crippen molar-refractivity contribution >= 4 is 29.7 Å². The number of hydrogen-bond acceptors (Lipinski definition) is 7. The van der Waals surface area contributed by atoms with Crippen LogP contribution in [-0.4, -0.2) is 71.9 Å². The molecule has 3 aromatic carbocycles. The van der Waals surface area contributed by atoms with Gasteiger partial charge in [0.05, 0.1) is 26.7 Å². The van der Waals surface area contributed by atoms with Crippen molar-refractivity contribution in [2.24, 2.45) is 5.73 Å². The summed E-state index contributed by atoms with van der Waals surface area (Å²) < 4.78 is 10.5. The molecule has 0 aromatic heterocycles. The van der Waals surface area contributed by atoms with Crippen LogP contribution < -0.4 is 20.5 Å². The van der Waals surface area contributed by atoms with Crippen LogP contribution >= 0.6 is 0 Å².